The van der Waals surface area contributed by atoms with Gasteiger partial charge in [-0.2, -0.15) is 0 Å². The van der Waals surface area contributed by atoms with Crippen molar-refractivity contribution in [1.29, 1.82) is 0 Å². The third-order valence-corrected chi connectivity index (χ3v) is 3.83. The Kier molecular flexibility index (Phi) is 3.45. The number of anilines is 1. The van der Waals surface area contributed by atoms with Gasteiger partial charge in [0.1, 0.15) is 5.82 Å². The van der Waals surface area contributed by atoms with Crippen LogP contribution in [0.4, 0.5) is 5.82 Å². The van der Waals surface area contributed by atoms with E-state index >= 15 is 0 Å². The van der Waals surface area contributed by atoms with Gasteiger partial charge in [-0.15, -0.1) is 0 Å². The molecule has 1 amide bonds. The van der Waals surface area contributed by atoms with E-state index in [0.29, 0.717) is 12.2 Å². The predicted octanol–water partition coefficient (Wildman–Crippen LogP) is 3.14. The van der Waals surface area contributed by atoms with Crippen LogP contribution in [0.5, 0.6) is 0 Å². The molecule has 0 atom stereocenters. The molecule has 0 bridgehead atoms. The van der Waals surface area contributed by atoms with Crippen molar-refractivity contribution in [3.8, 4) is 11.4 Å². The van der Waals surface area contributed by atoms with E-state index in [2.05, 4.69) is 4.98 Å². The summed E-state index contributed by atoms with van der Waals surface area (Å²) >= 11 is 0. The Morgan fingerprint density at radius 1 is 1.10 bits per heavy atom. The molecule has 2 heterocycles. The Morgan fingerprint density at radius 2 is 1.81 bits per heavy atom. The van der Waals surface area contributed by atoms with Crippen LogP contribution in [0.3, 0.4) is 0 Å². The molecule has 0 N–H and O–H groups in total. The Labute approximate surface area is 124 Å². The Balaban J connectivity index is 2.17. The summed E-state index contributed by atoms with van der Waals surface area (Å²) in [5, 5.41) is 0. The number of amides is 1. The molecule has 0 saturated carbocycles. The third-order valence-electron chi connectivity index (χ3n) is 3.83. The fourth-order valence-electron chi connectivity index (χ4n) is 2.79. The van der Waals surface area contributed by atoms with Gasteiger partial charge in [-0.25, -0.2) is 9.97 Å². The van der Waals surface area contributed by atoms with E-state index in [0.717, 1.165) is 29.1 Å². The van der Waals surface area contributed by atoms with Crippen LogP contribution in [0, 0.1) is 6.92 Å². The van der Waals surface area contributed by atoms with Gasteiger partial charge in [0.15, 0.2) is 5.82 Å². The molecule has 0 saturated heterocycles. The van der Waals surface area contributed by atoms with Crippen molar-refractivity contribution in [2.45, 2.75) is 39.7 Å². The first-order valence-corrected chi connectivity index (χ1v) is 7.33. The molecule has 1 aliphatic rings. The zero-order valence-electron chi connectivity index (χ0n) is 12.6. The Morgan fingerprint density at radius 3 is 2.48 bits per heavy atom. The molecule has 1 aromatic heterocycles. The number of fused-ring (bicyclic) bond motifs is 1. The van der Waals surface area contributed by atoms with Crippen LogP contribution < -0.4 is 4.90 Å². The van der Waals surface area contributed by atoms with Crippen LogP contribution in [-0.2, 0) is 11.2 Å². The fraction of sp³-hybridized carbons (Fsp3) is 0.353. The van der Waals surface area contributed by atoms with Crippen molar-refractivity contribution in [2.75, 3.05) is 4.90 Å². The van der Waals surface area contributed by atoms with Crippen molar-refractivity contribution in [2.24, 2.45) is 0 Å². The van der Waals surface area contributed by atoms with Crippen LogP contribution >= 0.6 is 0 Å². The molecule has 1 aliphatic heterocycles. The molecule has 0 unspecified atom stereocenters. The van der Waals surface area contributed by atoms with E-state index in [4.69, 9.17) is 4.98 Å². The van der Waals surface area contributed by atoms with Crippen LogP contribution in [0.2, 0.25) is 0 Å². The smallest absolute Gasteiger partial charge is 0.228 e. The van der Waals surface area contributed by atoms with Gasteiger partial charge in [0.25, 0.3) is 0 Å². The number of aryl methyl sites for hydroxylation is 1. The lowest BCUT2D eigenvalue weighted by atomic mass is 10.0. The molecule has 4 nitrogen and oxygen atoms in total. The summed E-state index contributed by atoms with van der Waals surface area (Å²) < 4.78 is 0. The zero-order valence-corrected chi connectivity index (χ0v) is 12.6. The van der Waals surface area contributed by atoms with Crippen molar-refractivity contribution in [3.63, 3.8) is 0 Å². The zero-order chi connectivity index (χ0) is 15.0. The van der Waals surface area contributed by atoms with E-state index < -0.39 is 0 Å². The molecule has 3 rings (SSSR count). The number of carbonyl (C=O) groups excluding carboxylic acids is 1. The van der Waals surface area contributed by atoms with E-state index in [-0.39, 0.29) is 11.9 Å². The summed E-state index contributed by atoms with van der Waals surface area (Å²) in [6.07, 6.45) is 1.28. The molecule has 2 aromatic rings. The number of aromatic nitrogens is 2. The molecule has 108 valence electrons. The summed E-state index contributed by atoms with van der Waals surface area (Å²) in [5.74, 6) is 1.62. The van der Waals surface area contributed by atoms with E-state index in [1.165, 1.54) is 0 Å². The maximum Gasteiger partial charge on any atom is 0.228 e. The number of benzene rings is 1. The maximum absolute atomic E-state index is 12.2. The van der Waals surface area contributed by atoms with Crippen molar-refractivity contribution in [1.82, 2.24) is 9.97 Å². The lowest BCUT2D eigenvalue weighted by Gasteiger charge is -2.32. The highest BCUT2D eigenvalue weighted by atomic mass is 16.2. The van der Waals surface area contributed by atoms with Crippen molar-refractivity contribution in [3.05, 3.63) is 41.6 Å². The van der Waals surface area contributed by atoms with Gasteiger partial charge in [-0.05, 0) is 27.2 Å². The SMILES string of the molecule is Cc1nc(-c2ccccc2)nc2c1CCC(=O)N2C(C)C. The van der Waals surface area contributed by atoms with Gasteiger partial charge in [0.2, 0.25) is 5.91 Å². The second-order valence-corrected chi connectivity index (χ2v) is 5.66. The predicted molar refractivity (Wildman–Crippen MR) is 83.1 cm³/mol. The number of carbonyl (C=O) groups is 1. The number of rotatable bonds is 2. The summed E-state index contributed by atoms with van der Waals surface area (Å²) in [6, 6.07) is 10.0. The average molecular weight is 281 g/mol. The lowest BCUT2D eigenvalue weighted by molar-refractivity contribution is -0.119. The summed E-state index contributed by atoms with van der Waals surface area (Å²) in [7, 11) is 0. The van der Waals surface area contributed by atoms with E-state index in [1.54, 1.807) is 4.90 Å². The number of hydrogen-bond acceptors (Lipinski definition) is 3. The highest BCUT2D eigenvalue weighted by Gasteiger charge is 2.29. The second-order valence-electron chi connectivity index (χ2n) is 5.66. The second kappa shape index (κ2) is 5.28. The van der Waals surface area contributed by atoms with Gasteiger partial charge in [-0.3, -0.25) is 9.69 Å². The summed E-state index contributed by atoms with van der Waals surface area (Å²) in [5.41, 5.74) is 3.05. The average Bonchev–Trinajstić information content (AvgIpc) is 2.47. The van der Waals surface area contributed by atoms with E-state index in [1.807, 2.05) is 51.1 Å². The molecule has 4 heteroatoms. The lowest BCUT2D eigenvalue weighted by Crippen LogP contribution is -2.41. The first-order valence-electron chi connectivity index (χ1n) is 7.33. The minimum Gasteiger partial charge on any atom is -0.294 e. The molecule has 0 radical (unpaired) electrons. The molecule has 1 aromatic carbocycles. The molecule has 0 aliphatic carbocycles. The van der Waals surface area contributed by atoms with Crippen LogP contribution in [-0.4, -0.2) is 21.9 Å². The minimum absolute atomic E-state index is 0.106. The van der Waals surface area contributed by atoms with Crippen LogP contribution in [0.25, 0.3) is 11.4 Å². The van der Waals surface area contributed by atoms with Gasteiger partial charge in [0.05, 0.1) is 0 Å². The molecule has 0 spiro atoms. The van der Waals surface area contributed by atoms with Crippen LogP contribution in [0.15, 0.2) is 30.3 Å². The third kappa shape index (κ3) is 2.42. The largest absolute Gasteiger partial charge is 0.294 e. The maximum atomic E-state index is 12.2. The van der Waals surface area contributed by atoms with Crippen molar-refractivity contribution >= 4 is 11.7 Å². The molecular formula is C17H19N3O. The van der Waals surface area contributed by atoms with Crippen LogP contribution in [0.1, 0.15) is 31.5 Å². The highest BCUT2D eigenvalue weighted by molar-refractivity contribution is 5.96. The highest BCUT2D eigenvalue weighted by Crippen LogP contribution is 2.31. The van der Waals surface area contributed by atoms with Crippen molar-refractivity contribution < 1.29 is 4.79 Å². The van der Waals surface area contributed by atoms with Gasteiger partial charge >= 0.3 is 0 Å². The Hall–Kier alpha value is -2.23. The monoisotopic (exact) mass is 281 g/mol. The summed E-state index contributed by atoms with van der Waals surface area (Å²) in [4.78, 5) is 23.3. The first-order chi connectivity index (χ1) is 10.1. The first kappa shape index (κ1) is 13.7. The molecule has 0 fully saturated rings. The molecular weight excluding hydrogens is 262 g/mol. The van der Waals surface area contributed by atoms with Gasteiger partial charge in [-0.1, -0.05) is 30.3 Å². The van der Waals surface area contributed by atoms with Gasteiger partial charge in [0, 0.05) is 29.3 Å². The fourth-order valence-corrected chi connectivity index (χ4v) is 2.79. The quantitative estimate of drug-likeness (QED) is 0.849. The molecule has 21 heavy (non-hydrogen) atoms. The normalized spacial score (nSPS) is 14.5. The summed E-state index contributed by atoms with van der Waals surface area (Å²) in [6.45, 7) is 6.04. The van der Waals surface area contributed by atoms with Gasteiger partial charge < -0.3 is 0 Å². The topological polar surface area (TPSA) is 46.1 Å². The standard InChI is InChI=1S/C17H19N3O/c1-11(2)20-15(21)10-9-14-12(3)18-16(19-17(14)20)13-7-5-4-6-8-13/h4-8,11H,9-10H2,1-3H3. The Bertz CT molecular complexity index is 680. The number of nitrogens with zero attached hydrogens (tertiary/aromatic N) is 3. The van der Waals surface area contributed by atoms with E-state index in [9.17, 15) is 4.79 Å². The minimum atomic E-state index is 0.106. The number of hydrogen-bond donors (Lipinski definition) is 0.